The van der Waals surface area contributed by atoms with Crippen LogP contribution in [-0.2, 0) is 16.0 Å². The molecule has 0 saturated heterocycles. The van der Waals surface area contributed by atoms with E-state index >= 15 is 0 Å². The number of carboxylic acids is 1. The molecule has 180 valence electrons. The van der Waals surface area contributed by atoms with Gasteiger partial charge in [-0.3, -0.25) is 0 Å². The number of rotatable bonds is 13. The SMILES string of the molecule is CCOC(Cc1ccc(OCCN(CCC(C)C)C(=O)Nc2ccccc2Cl)cc1)C(=O)O. The molecule has 0 aliphatic heterocycles. The highest BCUT2D eigenvalue weighted by Crippen LogP contribution is 2.21. The summed E-state index contributed by atoms with van der Waals surface area (Å²) in [6.07, 6.45) is 0.289. The number of hydrogen-bond acceptors (Lipinski definition) is 4. The topological polar surface area (TPSA) is 88.1 Å². The van der Waals surface area contributed by atoms with Crippen LogP contribution >= 0.6 is 11.6 Å². The first-order chi connectivity index (χ1) is 15.8. The van der Waals surface area contributed by atoms with Crippen LogP contribution in [-0.4, -0.2) is 54.4 Å². The van der Waals surface area contributed by atoms with Crippen molar-refractivity contribution in [3.05, 3.63) is 59.1 Å². The summed E-state index contributed by atoms with van der Waals surface area (Å²) in [6, 6.07) is 14.1. The van der Waals surface area contributed by atoms with Gasteiger partial charge < -0.3 is 24.8 Å². The third-order valence-electron chi connectivity index (χ3n) is 5.00. The molecule has 0 spiro atoms. The molecule has 2 rings (SSSR count). The lowest BCUT2D eigenvalue weighted by molar-refractivity contribution is -0.149. The van der Waals surface area contributed by atoms with Gasteiger partial charge in [0.15, 0.2) is 6.10 Å². The van der Waals surface area contributed by atoms with Crippen molar-refractivity contribution in [2.75, 3.05) is 31.6 Å². The molecular weight excluding hydrogens is 444 g/mol. The van der Waals surface area contributed by atoms with Crippen molar-refractivity contribution in [2.24, 2.45) is 5.92 Å². The largest absolute Gasteiger partial charge is 0.492 e. The lowest BCUT2D eigenvalue weighted by Gasteiger charge is -2.24. The zero-order valence-electron chi connectivity index (χ0n) is 19.4. The molecule has 0 aromatic heterocycles. The van der Waals surface area contributed by atoms with Crippen LogP contribution in [0.2, 0.25) is 5.02 Å². The highest BCUT2D eigenvalue weighted by Gasteiger charge is 2.18. The van der Waals surface area contributed by atoms with E-state index in [-0.39, 0.29) is 12.5 Å². The molecule has 8 heteroatoms. The second-order valence-electron chi connectivity index (χ2n) is 8.06. The van der Waals surface area contributed by atoms with Crippen LogP contribution in [0.15, 0.2) is 48.5 Å². The van der Waals surface area contributed by atoms with Gasteiger partial charge in [0.1, 0.15) is 12.4 Å². The second-order valence-corrected chi connectivity index (χ2v) is 8.47. The van der Waals surface area contributed by atoms with Crippen LogP contribution in [0.25, 0.3) is 0 Å². The Morgan fingerprint density at radius 3 is 2.39 bits per heavy atom. The molecule has 0 aliphatic rings. The Labute approximate surface area is 200 Å². The number of amides is 2. The van der Waals surface area contributed by atoms with Crippen molar-refractivity contribution in [1.82, 2.24) is 4.90 Å². The van der Waals surface area contributed by atoms with Crippen molar-refractivity contribution in [2.45, 2.75) is 39.7 Å². The van der Waals surface area contributed by atoms with Crippen LogP contribution < -0.4 is 10.1 Å². The molecule has 0 aliphatic carbocycles. The van der Waals surface area contributed by atoms with Gasteiger partial charge in [-0.25, -0.2) is 9.59 Å². The number of hydrogen-bond donors (Lipinski definition) is 2. The summed E-state index contributed by atoms with van der Waals surface area (Å²) in [4.78, 5) is 25.8. The van der Waals surface area contributed by atoms with Crippen molar-refractivity contribution in [1.29, 1.82) is 0 Å². The standard InChI is InChI=1S/C25H33ClN2O5/c1-4-32-23(24(29)30)17-19-9-11-20(12-10-19)33-16-15-28(14-13-18(2)3)25(31)27-22-8-6-5-7-21(22)26/h5-12,18,23H,4,13-17H2,1-3H3,(H,27,31)(H,29,30). The van der Waals surface area contributed by atoms with Gasteiger partial charge in [-0.05, 0) is 49.1 Å². The van der Waals surface area contributed by atoms with Gasteiger partial charge in [-0.2, -0.15) is 0 Å². The highest BCUT2D eigenvalue weighted by molar-refractivity contribution is 6.33. The summed E-state index contributed by atoms with van der Waals surface area (Å²) in [5, 5.41) is 12.6. The highest BCUT2D eigenvalue weighted by atomic mass is 35.5. The van der Waals surface area contributed by atoms with E-state index in [2.05, 4.69) is 19.2 Å². The number of carbonyl (C=O) groups is 2. The first kappa shape index (κ1) is 26.5. The molecule has 1 unspecified atom stereocenters. The zero-order valence-corrected chi connectivity index (χ0v) is 20.2. The summed E-state index contributed by atoms with van der Waals surface area (Å²) in [6.45, 7) is 7.68. The van der Waals surface area contributed by atoms with Gasteiger partial charge >= 0.3 is 12.0 Å². The lowest BCUT2D eigenvalue weighted by atomic mass is 10.1. The fourth-order valence-corrected chi connectivity index (χ4v) is 3.30. The number of para-hydroxylation sites is 1. The van der Waals surface area contributed by atoms with Crippen molar-refractivity contribution >= 4 is 29.3 Å². The summed E-state index contributed by atoms with van der Waals surface area (Å²) >= 11 is 6.17. The summed E-state index contributed by atoms with van der Waals surface area (Å²) < 4.78 is 11.1. The van der Waals surface area contributed by atoms with Crippen LogP contribution in [0.1, 0.15) is 32.8 Å². The van der Waals surface area contributed by atoms with E-state index in [0.29, 0.717) is 48.7 Å². The average molecular weight is 477 g/mol. The zero-order chi connectivity index (χ0) is 24.2. The van der Waals surface area contributed by atoms with E-state index < -0.39 is 12.1 Å². The van der Waals surface area contributed by atoms with Gasteiger partial charge in [-0.15, -0.1) is 0 Å². The van der Waals surface area contributed by atoms with Gasteiger partial charge in [0.05, 0.1) is 17.3 Å². The van der Waals surface area contributed by atoms with Crippen LogP contribution in [0, 0.1) is 5.92 Å². The quantitative estimate of drug-likeness (QED) is 0.408. The molecule has 0 heterocycles. The number of benzene rings is 2. The van der Waals surface area contributed by atoms with E-state index in [1.54, 1.807) is 36.1 Å². The number of anilines is 1. The molecule has 0 saturated carbocycles. The molecule has 1 atom stereocenters. The minimum atomic E-state index is -0.978. The second kappa shape index (κ2) is 13.7. The van der Waals surface area contributed by atoms with E-state index in [4.69, 9.17) is 21.1 Å². The number of aliphatic carboxylic acids is 1. The molecular formula is C25H33ClN2O5. The van der Waals surface area contributed by atoms with Crippen molar-refractivity contribution in [3.8, 4) is 5.75 Å². The van der Waals surface area contributed by atoms with Crippen molar-refractivity contribution < 1.29 is 24.2 Å². The third-order valence-corrected chi connectivity index (χ3v) is 5.33. The number of nitrogens with zero attached hydrogens (tertiary/aromatic N) is 1. The van der Waals surface area contributed by atoms with E-state index in [0.717, 1.165) is 12.0 Å². The Bertz CT molecular complexity index is 889. The van der Waals surface area contributed by atoms with Crippen LogP contribution in [0.5, 0.6) is 5.75 Å². The number of ether oxygens (including phenoxy) is 2. The Morgan fingerprint density at radius 1 is 1.09 bits per heavy atom. The first-order valence-electron chi connectivity index (χ1n) is 11.2. The molecule has 2 N–H and O–H groups in total. The Kier molecular flexibility index (Phi) is 11.0. The van der Waals surface area contributed by atoms with Crippen LogP contribution in [0.4, 0.5) is 10.5 Å². The summed E-state index contributed by atoms with van der Waals surface area (Å²) in [7, 11) is 0. The molecule has 2 aromatic rings. The Balaban J connectivity index is 1.92. The van der Waals surface area contributed by atoms with Crippen LogP contribution in [0.3, 0.4) is 0 Å². The minimum absolute atomic E-state index is 0.224. The van der Waals surface area contributed by atoms with E-state index in [1.165, 1.54) is 0 Å². The first-order valence-corrected chi connectivity index (χ1v) is 11.5. The number of halogens is 1. The maximum Gasteiger partial charge on any atom is 0.333 e. The maximum absolute atomic E-state index is 12.8. The predicted molar refractivity (Wildman–Crippen MR) is 130 cm³/mol. The van der Waals surface area contributed by atoms with Gasteiger partial charge in [-0.1, -0.05) is 49.7 Å². The summed E-state index contributed by atoms with van der Waals surface area (Å²) in [5.41, 5.74) is 1.42. The molecule has 33 heavy (non-hydrogen) atoms. The number of carbonyl (C=O) groups excluding carboxylic acids is 1. The Hall–Kier alpha value is -2.77. The number of nitrogens with one attached hydrogen (secondary N) is 1. The molecule has 7 nitrogen and oxygen atoms in total. The third kappa shape index (κ3) is 9.32. The predicted octanol–water partition coefficient (Wildman–Crippen LogP) is 5.33. The molecule has 0 bridgehead atoms. The monoisotopic (exact) mass is 476 g/mol. The minimum Gasteiger partial charge on any atom is -0.492 e. The normalized spacial score (nSPS) is 11.8. The molecule has 0 fully saturated rings. The summed E-state index contributed by atoms with van der Waals surface area (Å²) in [5.74, 6) is 0.131. The molecule has 0 radical (unpaired) electrons. The smallest absolute Gasteiger partial charge is 0.333 e. The van der Waals surface area contributed by atoms with E-state index in [9.17, 15) is 14.7 Å². The van der Waals surface area contributed by atoms with E-state index in [1.807, 2.05) is 24.3 Å². The van der Waals surface area contributed by atoms with Gasteiger partial charge in [0.2, 0.25) is 0 Å². The average Bonchev–Trinajstić information content (AvgIpc) is 2.78. The van der Waals surface area contributed by atoms with Crippen molar-refractivity contribution in [3.63, 3.8) is 0 Å². The Morgan fingerprint density at radius 2 is 1.79 bits per heavy atom. The maximum atomic E-state index is 12.8. The van der Waals surface area contributed by atoms with Gasteiger partial charge in [0.25, 0.3) is 0 Å². The molecule has 2 aromatic carbocycles. The number of urea groups is 1. The fourth-order valence-electron chi connectivity index (χ4n) is 3.11. The molecule has 2 amide bonds. The van der Waals surface area contributed by atoms with Gasteiger partial charge in [0, 0.05) is 19.6 Å². The fraction of sp³-hybridized carbons (Fsp3) is 0.440. The number of carboxylic acid groups (broad SMARTS) is 1. The lowest BCUT2D eigenvalue weighted by Crippen LogP contribution is -2.39.